The summed E-state index contributed by atoms with van der Waals surface area (Å²) in [6.45, 7) is 6.96. The third kappa shape index (κ3) is 3.86. The van der Waals surface area contributed by atoms with Crippen molar-refractivity contribution in [3.05, 3.63) is 99.9 Å². The summed E-state index contributed by atoms with van der Waals surface area (Å²) < 4.78 is 48.4. The molecule has 4 rings (SSSR count). The summed E-state index contributed by atoms with van der Waals surface area (Å²) >= 11 is 0. The van der Waals surface area contributed by atoms with Gasteiger partial charge in [0.15, 0.2) is 0 Å². The minimum absolute atomic E-state index is 0.140. The Labute approximate surface area is 184 Å². The molecule has 162 valence electrons. The van der Waals surface area contributed by atoms with E-state index in [9.17, 15) is 18.0 Å². The summed E-state index contributed by atoms with van der Waals surface area (Å²) in [5.74, 6) is -2.50. The molecule has 4 aromatic carbocycles. The number of aryl methyl sites for hydroxylation is 3. The molecule has 2 nitrogen and oxygen atoms in total. The van der Waals surface area contributed by atoms with Crippen LogP contribution in [0, 0.1) is 45.1 Å². The van der Waals surface area contributed by atoms with Crippen molar-refractivity contribution in [3.8, 4) is 16.9 Å². The Morgan fingerprint density at radius 3 is 2.00 bits per heavy atom. The van der Waals surface area contributed by atoms with Crippen LogP contribution in [0.2, 0.25) is 0 Å². The fraction of sp³-hybridized carbons (Fsp3) is 0.148. The molecule has 0 spiro atoms. The predicted molar refractivity (Wildman–Crippen MR) is 120 cm³/mol. The maximum atomic E-state index is 14.6. The smallest absolute Gasteiger partial charge is 0.344 e. The van der Waals surface area contributed by atoms with Crippen LogP contribution in [0.3, 0.4) is 0 Å². The standard InChI is InChI=1S/C27H21F3O2/c1-14-9-15(2)24(16(3)10-14)27(31)32-21-7-5-18(6-8-21)19-11-20-13-22(28)17(4)26(30)25(20)23(29)12-19/h5-13H,1-4H3. The van der Waals surface area contributed by atoms with Gasteiger partial charge in [0.1, 0.15) is 23.2 Å². The van der Waals surface area contributed by atoms with Crippen LogP contribution in [-0.4, -0.2) is 5.97 Å². The quantitative estimate of drug-likeness (QED) is 0.248. The van der Waals surface area contributed by atoms with Gasteiger partial charge in [-0.05, 0) is 85.7 Å². The van der Waals surface area contributed by atoms with E-state index in [0.717, 1.165) is 22.8 Å². The number of rotatable bonds is 3. The summed E-state index contributed by atoms with van der Waals surface area (Å²) in [6, 6.07) is 14.3. The zero-order chi connectivity index (χ0) is 23.2. The van der Waals surface area contributed by atoms with Crippen molar-refractivity contribution in [2.75, 3.05) is 0 Å². The second-order valence-corrected chi connectivity index (χ2v) is 8.04. The first-order valence-electron chi connectivity index (χ1n) is 10.1. The van der Waals surface area contributed by atoms with Gasteiger partial charge in [0.2, 0.25) is 0 Å². The maximum absolute atomic E-state index is 14.6. The molecule has 0 aromatic heterocycles. The summed E-state index contributed by atoms with van der Waals surface area (Å²) in [5.41, 5.74) is 4.13. The molecule has 0 N–H and O–H groups in total. The van der Waals surface area contributed by atoms with E-state index < -0.39 is 23.4 Å². The molecule has 0 aliphatic heterocycles. The van der Waals surface area contributed by atoms with Gasteiger partial charge in [-0.3, -0.25) is 0 Å². The Bertz CT molecular complexity index is 1350. The lowest BCUT2D eigenvalue weighted by Gasteiger charge is -2.12. The van der Waals surface area contributed by atoms with Gasteiger partial charge in [-0.1, -0.05) is 29.8 Å². The molecule has 5 heteroatoms. The zero-order valence-corrected chi connectivity index (χ0v) is 18.1. The van der Waals surface area contributed by atoms with Crippen LogP contribution in [0.4, 0.5) is 13.2 Å². The highest BCUT2D eigenvalue weighted by atomic mass is 19.1. The molecular weight excluding hydrogens is 413 g/mol. The van der Waals surface area contributed by atoms with Gasteiger partial charge in [-0.25, -0.2) is 18.0 Å². The molecule has 0 atom stereocenters. The lowest BCUT2D eigenvalue weighted by Crippen LogP contribution is -2.12. The molecular formula is C27H21F3O2. The van der Waals surface area contributed by atoms with Gasteiger partial charge in [0, 0.05) is 5.56 Å². The van der Waals surface area contributed by atoms with Gasteiger partial charge in [0.25, 0.3) is 0 Å². The predicted octanol–water partition coefficient (Wildman–Crippen LogP) is 7.38. The van der Waals surface area contributed by atoms with Crippen molar-refractivity contribution in [2.45, 2.75) is 27.7 Å². The molecule has 4 aromatic rings. The topological polar surface area (TPSA) is 26.3 Å². The molecule has 0 fully saturated rings. The molecule has 0 amide bonds. The van der Waals surface area contributed by atoms with E-state index in [4.69, 9.17) is 4.74 Å². The first kappa shape index (κ1) is 21.6. The number of fused-ring (bicyclic) bond motifs is 1. The maximum Gasteiger partial charge on any atom is 0.344 e. The van der Waals surface area contributed by atoms with Crippen molar-refractivity contribution in [2.24, 2.45) is 0 Å². The summed E-state index contributed by atoms with van der Waals surface area (Å²) in [4.78, 5) is 12.7. The number of ether oxygens (including phenoxy) is 1. The van der Waals surface area contributed by atoms with Gasteiger partial charge >= 0.3 is 5.97 Å². The molecule has 0 radical (unpaired) electrons. The van der Waals surface area contributed by atoms with Gasteiger partial charge in [0.05, 0.1) is 10.9 Å². The van der Waals surface area contributed by atoms with Crippen LogP contribution in [-0.2, 0) is 0 Å². The number of carbonyl (C=O) groups is 1. The third-order valence-electron chi connectivity index (χ3n) is 5.59. The number of benzene rings is 4. The van der Waals surface area contributed by atoms with Gasteiger partial charge < -0.3 is 4.74 Å². The van der Waals surface area contributed by atoms with E-state index in [2.05, 4.69) is 0 Å². The van der Waals surface area contributed by atoms with Crippen LogP contribution < -0.4 is 4.74 Å². The Morgan fingerprint density at radius 1 is 0.750 bits per heavy atom. The van der Waals surface area contributed by atoms with E-state index in [1.54, 1.807) is 24.3 Å². The van der Waals surface area contributed by atoms with Crippen LogP contribution in [0.15, 0.2) is 54.6 Å². The van der Waals surface area contributed by atoms with E-state index in [1.165, 1.54) is 19.1 Å². The normalized spacial score (nSPS) is 11.1. The monoisotopic (exact) mass is 434 g/mol. The van der Waals surface area contributed by atoms with Crippen LogP contribution in [0.1, 0.15) is 32.6 Å². The number of carbonyl (C=O) groups excluding carboxylic acids is 1. The number of hydrogen-bond donors (Lipinski definition) is 0. The zero-order valence-electron chi connectivity index (χ0n) is 18.1. The van der Waals surface area contributed by atoms with Crippen molar-refractivity contribution >= 4 is 16.7 Å². The van der Waals surface area contributed by atoms with E-state index in [0.29, 0.717) is 22.4 Å². The number of halogens is 3. The fourth-order valence-corrected chi connectivity index (χ4v) is 4.05. The fourth-order valence-electron chi connectivity index (χ4n) is 4.05. The first-order valence-corrected chi connectivity index (χ1v) is 10.1. The Hall–Kier alpha value is -3.60. The second kappa shape index (κ2) is 8.15. The Balaban J connectivity index is 1.64. The molecule has 0 unspecified atom stereocenters. The van der Waals surface area contributed by atoms with Crippen LogP contribution >= 0.6 is 0 Å². The van der Waals surface area contributed by atoms with Crippen molar-refractivity contribution < 1.29 is 22.7 Å². The third-order valence-corrected chi connectivity index (χ3v) is 5.59. The summed E-state index contributed by atoms with van der Waals surface area (Å²) in [7, 11) is 0. The van der Waals surface area contributed by atoms with Gasteiger partial charge in [-0.15, -0.1) is 0 Å². The SMILES string of the molecule is Cc1cc(C)c(C(=O)Oc2ccc(-c3cc(F)c4c(F)c(C)c(F)cc4c3)cc2)c(C)c1. The number of hydrogen-bond acceptors (Lipinski definition) is 2. The van der Waals surface area contributed by atoms with Gasteiger partial charge in [-0.2, -0.15) is 0 Å². The summed E-state index contributed by atoms with van der Waals surface area (Å²) in [5, 5.41) is -0.0940. The van der Waals surface area contributed by atoms with Crippen molar-refractivity contribution in [3.63, 3.8) is 0 Å². The Kier molecular flexibility index (Phi) is 5.51. The highest BCUT2D eigenvalue weighted by molar-refractivity contribution is 5.94. The van der Waals surface area contributed by atoms with Crippen LogP contribution in [0.25, 0.3) is 21.9 Å². The average Bonchev–Trinajstić information content (AvgIpc) is 2.71. The minimum Gasteiger partial charge on any atom is -0.423 e. The van der Waals surface area contributed by atoms with E-state index in [1.807, 2.05) is 32.9 Å². The van der Waals surface area contributed by atoms with Crippen molar-refractivity contribution in [1.82, 2.24) is 0 Å². The summed E-state index contributed by atoms with van der Waals surface area (Å²) in [6.07, 6.45) is 0. The highest BCUT2D eigenvalue weighted by Gasteiger charge is 2.17. The lowest BCUT2D eigenvalue weighted by molar-refractivity contribution is 0.0733. The number of esters is 1. The van der Waals surface area contributed by atoms with E-state index in [-0.39, 0.29) is 16.3 Å². The first-order chi connectivity index (χ1) is 15.2. The van der Waals surface area contributed by atoms with Crippen LogP contribution in [0.5, 0.6) is 5.75 Å². The molecule has 0 saturated heterocycles. The molecule has 0 heterocycles. The molecule has 0 saturated carbocycles. The second-order valence-electron chi connectivity index (χ2n) is 8.04. The van der Waals surface area contributed by atoms with E-state index >= 15 is 0 Å². The average molecular weight is 434 g/mol. The van der Waals surface area contributed by atoms with Crippen molar-refractivity contribution in [1.29, 1.82) is 0 Å². The molecule has 0 bridgehead atoms. The largest absolute Gasteiger partial charge is 0.423 e. The lowest BCUT2D eigenvalue weighted by atomic mass is 9.98. The Morgan fingerprint density at radius 2 is 1.38 bits per heavy atom. The highest BCUT2D eigenvalue weighted by Crippen LogP contribution is 2.32. The molecule has 0 aliphatic carbocycles. The minimum atomic E-state index is -0.895. The molecule has 0 aliphatic rings. The molecule has 32 heavy (non-hydrogen) atoms.